The van der Waals surface area contributed by atoms with Crippen LogP contribution in [0.5, 0.6) is 0 Å². The van der Waals surface area contributed by atoms with E-state index in [4.69, 9.17) is 10.7 Å². The summed E-state index contributed by atoms with van der Waals surface area (Å²) in [5, 5.41) is 3.17. The number of nitrogens with two attached hydrogens (primary N) is 1. The maximum Gasteiger partial charge on any atom is 0.135 e. The van der Waals surface area contributed by atoms with Crippen LogP contribution in [0.1, 0.15) is 39.9 Å². The molecule has 1 unspecified atom stereocenters. The van der Waals surface area contributed by atoms with Gasteiger partial charge in [0.1, 0.15) is 10.8 Å². The first-order valence-corrected chi connectivity index (χ1v) is 8.00. The summed E-state index contributed by atoms with van der Waals surface area (Å²) in [6.45, 7) is 4.88. The summed E-state index contributed by atoms with van der Waals surface area (Å²) in [7, 11) is 0. The molecule has 4 nitrogen and oxygen atoms in total. The van der Waals surface area contributed by atoms with Crippen molar-refractivity contribution >= 4 is 11.3 Å². The van der Waals surface area contributed by atoms with E-state index in [1.165, 1.54) is 11.3 Å². The maximum absolute atomic E-state index is 5.80. The van der Waals surface area contributed by atoms with Gasteiger partial charge in [0.15, 0.2) is 0 Å². The molecule has 20 heavy (non-hydrogen) atoms. The predicted octanol–water partition coefficient (Wildman–Crippen LogP) is 2.20. The quantitative estimate of drug-likeness (QED) is 0.940. The van der Waals surface area contributed by atoms with Gasteiger partial charge in [0.25, 0.3) is 0 Å². The molecule has 1 aliphatic rings. The van der Waals surface area contributed by atoms with Gasteiger partial charge in [0, 0.05) is 22.5 Å². The minimum atomic E-state index is 0.595. The Bertz CT molecular complexity index is 620. The van der Waals surface area contributed by atoms with Crippen LogP contribution in [0.3, 0.4) is 0 Å². The highest BCUT2D eigenvalue weighted by atomic mass is 32.1. The van der Waals surface area contributed by atoms with Gasteiger partial charge in [0.2, 0.25) is 0 Å². The average molecular weight is 288 g/mol. The first kappa shape index (κ1) is 13.6. The molecule has 2 heterocycles. The highest BCUT2D eigenvalue weighted by Gasteiger charge is 2.21. The average Bonchev–Trinajstić information content (AvgIpc) is 2.84. The van der Waals surface area contributed by atoms with E-state index in [2.05, 4.69) is 22.3 Å². The van der Waals surface area contributed by atoms with E-state index in [-0.39, 0.29) is 0 Å². The third-order valence-corrected chi connectivity index (χ3v) is 4.90. The molecule has 0 aromatic carbocycles. The Morgan fingerprint density at radius 1 is 1.30 bits per heavy atom. The Labute approximate surface area is 123 Å². The molecule has 2 aromatic heterocycles. The second kappa shape index (κ2) is 5.58. The van der Waals surface area contributed by atoms with E-state index in [0.717, 1.165) is 54.4 Å². The van der Waals surface area contributed by atoms with Gasteiger partial charge in [-0.1, -0.05) is 0 Å². The predicted molar refractivity (Wildman–Crippen MR) is 81.0 cm³/mol. The number of hydrogen-bond acceptors (Lipinski definition) is 5. The van der Waals surface area contributed by atoms with Crippen LogP contribution in [0.4, 0.5) is 0 Å². The van der Waals surface area contributed by atoms with Crippen molar-refractivity contribution in [2.24, 2.45) is 11.7 Å². The monoisotopic (exact) mass is 288 g/mol. The van der Waals surface area contributed by atoms with E-state index < -0.39 is 0 Å². The largest absolute Gasteiger partial charge is 0.330 e. The molecule has 106 valence electrons. The normalized spacial score (nSPS) is 18.1. The van der Waals surface area contributed by atoms with Crippen molar-refractivity contribution < 1.29 is 0 Å². The summed E-state index contributed by atoms with van der Waals surface area (Å²) in [6.07, 6.45) is 3.96. The molecule has 0 fully saturated rings. The molecule has 0 spiro atoms. The summed E-state index contributed by atoms with van der Waals surface area (Å²) in [5.41, 5.74) is 10.5. The zero-order chi connectivity index (χ0) is 14.1. The molecule has 2 aromatic rings. The van der Waals surface area contributed by atoms with Gasteiger partial charge in [-0.05, 0) is 51.1 Å². The highest BCUT2D eigenvalue weighted by Crippen LogP contribution is 2.26. The van der Waals surface area contributed by atoms with Crippen LogP contribution < -0.4 is 5.73 Å². The van der Waals surface area contributed by atoms with Crippen molar-refractivity contribution in [3.8, 4) is 0 Å². The molecule has 5 heteroatoms. The lowest BCUT2D eigenvalue weighted by Crippen LogP contribution is -2.24. The van der Waals surface area contributed by atoms with Crippen molar-refractivity contribution in [2.45, 2.75) is 39.5 Å². The van der Waals surface area contributed by atoms with Gasteiger partial charge in [-0.25, -0.2) is 15.0 Å². The number of aromatic nitrogens is 3. The first-order chi connectivity index (χ1) is 9.65. The highest BCUT2D eigenvalue weighted by molar-refractivity contribution is 7.09. The van der Waals surface area contributed by atoms with Gasteiger partial charge in [-0.3, -0.25) is 0 Å². The lowest BCUT2D eigenvalue weighted by Gasteiger charge is -2.24. The van der Waals surface area contributed by atoms with Crippen LogP contribution in [-0.2, 0) is 19.3 Å². The van der Waals surface area contributed by atoms with Gasteiger partial charge >= 0.3 is 0 Å². The van der Waals surface area contributed by atoms with Crippen LogP contribution >= 0.6 is 11.3 Å². The Hall–Kier alpha value is -1.33. The fourth-order valence-electron chi connectivity index (χ4n) is 2.82. The smallest absolute Gasteiger partial charge is 0.135 e. The molecule has 2 N–H and O–H groups in total. The third kappa shape index (κ3) is 2.74. The lowest BCUT2D eigenvalue weighted by molar-refractivity contribution is 0.458. The van der Waals surface area contributed by atoms with Crippen molar-refractivity contribution in [1.82, 2.24) is 15.0 Å². The third-order valence-electron chi connectivity index (χ3n) is 3.94. The number of rotatable bonds is 3. The Kier molecular flexibility index (Phi) is 3.81. The van der Waals surface area contributed by atoms with Gasteiger partial charge < -0.3 is 5.73 Å². The zero-order valence-corrected chi connectivity index (χ0v) is 12.8. The van der Waals surface area contributed by atoms with Crippen LogP contribution in [0.2, 0.25) is 0 Å². The molecule has 0 aliphatic heterocycles. The van der Waals surface area contributed by atoms with E-state index in [1.807, 2.05) is 6.92 Å². The maximum atomic E-state index is 5.80. The number of hydrogen-bond donors (Lipinski definition) is 1. The number of nitrogens with zero attached hydrogens (tertiary/aromatic N) is 3. The minimum Gasteiger partial charge on any atom is -0.330 e. The number of thiazole rings is 1. The molecule has 1 atom stereocenters. The molecular weight excluding hydrogens is 268 g/mol. The van der Waals surface area contributed by atoms with Gasteiger partial charge in [-0.15, -0.1) is 11.3 Å². The Balaban J connectivity index is 1.86. The van der Waals surface area contributed by atoms with Crippen LogP contribution in [0.25, 0.3) is 0 Å². The summed E-state index contributed by atoms with van der Waals surface area (Å²) < 4.78 is 0. The fraction of sp³-hybridized carbons (Fsp3) is 0.533. The van der Waals surface area contributed by atoms with E-state index in [9.17, 15) is 0 Å². The SMILES string of the molecule is Cc1csc(Cc2nc(C)c3c(n2)CCC(CN)C3)n1. The lowest BCUT2D eigenvalue weighted by atomic mass is 9.86. The van der Waals surface area contributed by atoms with Crippen LogP contribution in [0, 0.1) is 19.8 Å². The second-order valence-electron chi connectivity index (χ2n) is 5.55. The van der Waals surface area contributed by atoms with Crippen molar-refractivity contribution in [3.05, 3.63) is 38.9 Å². The first-order valence-electron chi connectivity index (χ1n) is 7.12. The van der Waals surface area contributed by atoms with Crippen LogP contribution in [0.15, 0.2) is 5.38 Å². The summed E-state index contributed by atoms with van der Waals surface area (Å²) in [4.78, 5) is 13.9. The topological polar surface area (TPSA) is 64.7 Å². The molecule has 0 bridgehead atoms. The Morgan fingerprint density at radius 2 is 2.15 bits per heavy atom. The number of fused-ring (bicyclic) bond motifs is 1. The van der Waals surface area contributed by atoms with E-state index in [0.29, 0.717) is 5.92 Å². The van der Waals surface area contributed by atoms with Gasteiger partial charge in [0.05, 0.1) is 6.42 Å². The summed E-state index contributed by atoms with van der Waals surface area (Å²) in [6, 6.07) is 0. The standard InChI is InChI=1S/C15H20N4S/c1-9-8-20-15(17-9)6-14-18-10(2)12-5-11(7-16)3-4-13(12)19-14/h8,11H,3-7,16H2,1-2H3. The second-order valence-corrected chi connectivity index (χ2v) is 6.50. The number of aryl methyl sites for hydroxylation is 3. The van der Waals surface area contributed by atoms with Crippen LogP contribution in [-0.4, -0.2) is 21.5 Å². The zero-order valence-electron chi connectivity index (χ0n) is 12.0. The molecular formula is C15H20N4S. The Morgan fingerprint density at radius 3 is 2.85 bits per heavy atom. The molecule has 3 rings (SSSR count). The molecule has 0 amide bonds. The van der Waals surface area contributed by atoms with Crippen molar-refractivity contribution in [1.29, 1.82) is 0 Å². The summed E-state index contributed by atoms with van der Waals surface area (Å²) in [5.74, 6) is 1.50. The van der Waals surface area contributed by atoms with E-state index in [1.54, 1.807) is 11.3 Å². The molecule has 0 saturated carbocycles. The van der Waals surface area contributed by atoms with Crippen molar-refractivity contribution in [2.75, 3.05) is 6.54 Å². The summed E-state index contributed by atoms with van der Waals surface area (Å²) >= 11 is 1.68. The fourth-order valence-corrected chi connectivity index (χ4v) is 3.59. The van der Waals surface area contributed by atoms with Gasteiger partial charge in [-0.2, -0.15) is 0 Å². The molecule has 0 radical (unpaired) electrons. The minimum absolute atomic E-state index is 0.595. The molecule has 0 saturated heterocycles. The molecule has 1 aliphatic carbocycles. The van der Waals surface area contributed by atoms with Crippen molar-refractivity contribution in [3.63, 3.8) is 0 Å². The van der Waals surface area contributed by atoms with E-state index >= 15 is 0 Å².